The first-order valence-corrected chi connectivity index (χ1v) is 10.1. The van der Waals surface area contributed by atoms with Gasteiger partial charge in [0.25, 0.3) is 11.8 Å². The van der Waals surface area contributed by atoms with Gasteiger partial charge in [-0.2, -0.15) is 4.31 Å². The number of hydrogen-bond acceptors (Lipinski definition) is 7. The van der Waals surface area contributed by atoms with Crippen LogP contribution in [0.1, 0.15) is 12.8 Å². The first-order valence-electron chi connectivity index (χ1n) is 8.31. The van der Waals surface area contributed by atoms with Crippen molar-refractivity contribution in [3.8, 4) is 17.5 Å². The van der Waals surface area contributed by atoms with Gasteiger partial charge in [-0.3, -0.25) is 0 Å². The molecular weight excluding hydrogens is 394 g/mol. The van der Waals surface area contributed by atoms with Crippen LogP contribution in [0.5, 0.6) is 17.5 Å². The smallest absolute Gasteiger partial charge is 0.278 e. The van der Waals surface area contributed by atoms with E-state index in [9.17, 15) is 8.42 Å². The van der Waals surface area contributed by atoms with E-state index in [-0.39, 0.29) is 35.1 Å². The van der Waals surface area contributed by atoms with E-state index in [1.54, 1.807) is 6.07 Å². The predicted octanol–water partition coefficient (Wildman–Crippen LogP) is 2.38. The maximum Gasteiger partial charge on any atom is 0.278 e. The number of hydrogen-bond donors (Lipinski definition) is 0. The lowest BCUT2D eigenvalue weighted by Crippen LogP contribution is -2.44. The van der Waals surface area contributed by atoms with Crippen molar-refractivity contribution in [1.82, 2.24) is 14.3 Å². The zero-order valence-corrected chi connectivity index (χ0v) is 16.5. The molecule has 27 heavy (non-hydrogen) atoms. The fourth-order valence-corrected chi connectivity index (χ4v) is 4.83. The van der Waals surface area contributed by atoms with Gasteiger partial charge >= 0.3 is 0 Å². The van der Waals surface area contributed by atoms with Gasteiger partial charge in [-0.15, -0.1) is 0 Å². The molecule has 1 fully saturated rings. The second kappa shape index (κ2) is 8.28. The molecule has 3 rings (SSSR count). The van der Waals surface area contributed by atoms with Gasteiger partial charge in [-0.25, -0.2) is 18.4 Å². The summed E-state index contributed by atoms with van der Waals surface area (Å²) in [6.07, 6.45) is 3.96. The van der Waals surface area contributed by atoms with Crippen LogP contribution in [0.15, 0.2) is 35.5 Å². The molecule has 10 heteroatoms. The lowest BCUT2D eigenvalue weighted by atomic mass is 10.1. The number of rotatable bonds is 6. The highest BCUT2D eigenvalue weighted by atomic mass is 35.5. The number of methoxy groups -OCH3 is 2. The molecule has 1 aliphatic heterocycles. The lowest BCUT2D eigenvalue weighted by Gasteiger charge is -2.32. The normalized spacial score (nSPS) is 18.1. The van der Waals surface area contributed by atoms with Crippen LogP contribution in [-0.2, 0) is 10.0 Å². The van der Waals surface area contributed by atoms with Gasteiger partial charge < -0.3 is 14.2 Å². The number of nitrogens with zero attached hydrogens (tertiary/aromatic N) is 3. The van der Waals surface area contributed by atoms with E-state index in [4.69, 9.17) is 25.8 Å². The van der Waals surface area contributed by atoms with E-state index in [1.165, 1.54) is 43.1 Å². The highest BCUT2D eigenvalue weighted by Gasteiger charge is 2.33. The molecule has 0 radical (unpaired) electrons. The van der Waals surface area contributed by atoms with E-state index in [0.717, 1.165) is 0 Å². The summed E-state index contributed by atoms with van der Waals surface area (Å²) in [5.41, 5.74) is 0. The molecule has 2 heterocycles. The summed E-state index contributed by atoms with van der Waals surface area (Å²) in [4.78, 5) is 8.19. The van der Waals surface area contributed by atoms with Crippen molar-refractivity contribution in [1.29, 1.82) is 0 Å². The van der Waals surface area contributed by atoms with Crippen molar-refractivity contribution in [3.63, 3.8) is 0 Å². The summed E-state index contributed by atoms with van der Waals surface area (Å²) < 4.78 is 43.8. The molecule has 0 N–H and O–H groups in total. The Hall–Kier alpha value is -2.10. The number of halogens is 1. The zero-order valence-electron chi connectivity index (χ0n) is 15.0. The highest BCUT2D eigenvalue weighted by molar-refractivity contribution is 7.89. The molecule has 0 bridgehead atoms. The third-order valence-corrected chi connectivity index (χ3v) is 6.31. The lowest BCUT2D eigenvalue weighted by molar-refractivity contribution is 0.119. The average Bonchev–Trinajstić information content (AvgIpc) is 2.68. The van der Waals surface area contributed by atoms with Crippen LogP contribution in [-0.4, -0.2) is 56.1 Å². The van der Waals surface area contributed by atoms with Crippen molar-refractivity contribution < 1.29 is 22.6 Å². The van der Waals surface area contributed by atoms with E-state index in [1.807, 2.05) is 0 Å². The average molecular weight is 414 g/mol. The Labute approximate surface area is 163 Å². The van der Waals surface area contributed by atoms with Crippen molar-refractivity contribution in [2.24, 2.45) is 0 Å². The summed E-state index contributed by atoms with van der Waals surface area (Å²) in [5, 5.41) is 0.323. The number of piperidine rings is 1. The molecule has 1 atom stereocenters. The second-order valence-corrected chi connectivity index (χ2v) is 8.25. The number of benzene rings is 1. The minimum Gasteiger partial charge on any atom is -0.495 e. The van der Waals surface area contributed by atoms with Crippen molar-refractivity contribution in [2.45, 2.75) is 23.8 Å². The Morgan fingerprint density at radius 3 is 2.59 bits per heavy atom. The Morgan fingerprint density at radius 1 is 1.15 bits per heavy atom. The molecule has 0 saturated carbocycles. The first kappa shape index (κ1) is 19.7. The van der Waals surface area contributed by atoms with E-state index < -0.39 is 10.0 Å². The zero-order chi connectivity index (χ0) is 19.4. The highest BCUT2D eigenvalue weighted by Crippen LogP contribution is 2.32. The molecule has 1 aromatic carbocycles. The molecule has 1 saturated heterocycles. The molecular formula is C17H20ClN3O5S. The number of sulfonamides is 1. The van der Waals surface area contributed by atoms with Gasteiger partial charge in [-0.05, 0) is 31.0 Å². The van der Waals surface area contributed by atoms with E-state index in [0.29, 0.717) is 24.4 Å². The summed E-state index contributed by atoms with van der Waals surface area (Å²) in [7, 11) is -0.898. The molecule has 1 aliphatic rings. The van der Waals surface area contributed by atoms with Crippen LogP contribution in [0.25, 0.3) is 0 Å². The monoisotopic (exact) mass is 413 g/mol. The largest absolute Gasteiger partial charge is 0.495 e. The summed E-state index contributed by atoms with van der Waals surface area (Å²) in [6.45, 7) is 0.563. The number of ether oxygens (including phenoxy) is 3. The van der Waals surface area contributed by atoms with Crippen LogP contribution in [0.3, 0.4) is 0 Å². The van der Waals surface area contributed by atoms with Crippen LogP contribution >= 0.6 is 11.6 Å². The van der Waals surface area contributed by atoms with Crippen molar-refractivity contribution >= 4 is 21.6 Å². The minimum absolute atomic E-state index is 0.0373. The van der Waals surface area contributed by atoms with Gasteiger partial charge in [0.15, 0.2) is 0 Å². The first-order chi connectivity index (χ1) is 13.0. The summed E-state index contributed by atoms with van der Waals surface area (Å²) >= 11 is 6.00. The van der Waals surface area contributed by atoms with E-state index in [2.05, 4.69) is 9.97 Å². The van der Waals surface area contributed by atoms with Crippen molar-refractivity contribution in [3.05, 3.63) is 35.6 Å². The van der Waals surface area contributed by atoms with Gasteiger partial charge in [0.2, 0.25) is 10.0 Å². The Kier molecular flexibility index (Phi) is 6.03. The fraction of sp³-hybridized carbons (Fsp3) is 0.412. The van der Waals surface area contributed by atoms with E-state index >= 15 is 0 Å². The van der Waals surface area contributed by atoms with Crippen LogP contribution in [0, 0.1) is 0 Å². The number of aromatic nitrogens is 2. The van der Waals surface area contributed by atoms with Crippen LogP contribution in [0.2, 0.25) is 5.02 Å². The van der Waals surface area contributed by atoms with Crippen molar-refractivity contribution in [2.75, 3.05) is 27.3 Å². The minimum atomic E-state index is -3.79. The van der Waals surface area contributed by atoms with Crippen LogP contribution in [0.4, 0.5) is 0 Å². The molecule has 0 spiro atoms. The molecule has 1 unspecified atom stereocenters. The van der Waals surface area contributed by atoms with Gasteiger partial charge in [0.05, 0.1) is 20.8 Å². The summed E-state index contributed by atoms with van der Waals surface area (Å²) in [6, 6.07) is 4.52. The molecule has 0 aliphatic carbocycles. The SMILES string of the molecule is COc1ccc(Cl)cc1S(=O)(=O)N1CCCC(Oc2nccnc2OC)C1. The Bertz CT molecular complexity index is 909. The quantitative estimate of drug-likeness (QED) is 0.717. The Morgan fingerprint density at radius 2 is 1.89 bits per heavy atom. The molecule has 8 nitrogen and oxygen atoms in total. The Balaban J connectivity index is 1.82. The second-order valence-electron chi connectivity index (χ2n) is 5.91. The van der Waals surface area contributed by atoms with Crippen LogP contribution < -0.4 is 14.2 Å². The van der Waals surface area contributed by atoms with Gasteiger partial charge in [0.1, 0.15) is 16.7 Å². The van der Waals surface area contributed by atoms with Gasteiger partial charge in [-0.1, -0.05) is 11.6 Å². The molecule has 1 aromatic heterocycles. The molecule has 0 amide bonds. The van der Waals surface area contributed by atoms with Gasteiger partial charge in [0, 0.05) is 24.0 Å². The third kappa shape index (κ3) is 4.26. The summed E-state index contributed by atoms with van der Waals surface area (Å²) in [5.74, 6) is 0.747. The molecule has 2 aromatic rings. The fourth-order valence-electron chi connectivity index (χ4n) is 2.90. The topological polar surface area (TPSA) is 90.9 Å². The maximum absolute atomic E-state index is 13.1. The predicted molar refractivity (Wildman–Crippen MR) is 99.0 cm³/mol. The molecule has 146 valence electrons. The third-order valence-electron chi connectivity index (χ3n) is 4.19. The maximum atomic E-state index is 13.1. The standard InChI is InChI=1S/C17H20ClN3O5S/c1-24-14-6-5-12(18)10-15(14)27(22,23)21-9-3-4-13(11-21)26-17-16(25-2)19-7-8-20-17/h5-8,10,13H,3-4,9,11H2,1-2H3.